The van der Waals surface area contributed by atoms with Crippen molar-refractivity contribution in [2.45, 2.75) is 12.1 Å². The zero-order chi connectivity index (χ0) is 7.28. The minimum Gasteiger partial charge on any atom is -0.346 e. The third-order valence-electron chi connectivity index (χ3n) is 1.02. The predicted octanol–water partition coefficient (Wildman–Crippen LogP) is 1.58. The summed E-state index contributed by atoms with van der Waals surface area (Å²) in [5, 5.41) is 0. The first-order valence-electron chi connectivity index (χ1n) is 2.68. The van der Waals surface area contributed by atoms with Gasteiger partial charge in [-0.15, -0.1) is 13.2 Å². The number of rotatable bonds is 4. The topological polar surface area (TPSA) is 37.3 Å². The Morgan fingerprint density at radius 2 is 2.22 bits per heavy atom. The molecule has 0 aromatic heterocycles. The monoisotopic (exact) mass is 146 g/mol. The van der Waals surface area contributed by atoms with Crippen LogP contribution in [0.25, 0.3) is 0 Å². The van der Waals surface area contributed by atoms with Crippen molar-refractivity contribution in [2.24, 2.45) is 0 Å². The van der Waals surface area contributed by atoms with Gasteiger partial charge in [0.15, 0.2) is 8.03 Å². The van der Waals surface area contributed by atoms with Gasteiger partial charge in [-0.05, 0) is 6.42 Å². The maximum atomic E-state index is 10.4. The molecule has 0 heterocycles. The smallest absolute Gasteiger partial charge is 0.196 e. The molecule has 0 aliphatic rings. The highest BCUT2D eigenvalue weighted by molar-refractivity contribution is 7.39. The zero-order valence-corrected chi connectivity index (χ0v) is 6.21. The van der Waals surface area contributed by atoms with Crippen LogP contribution in [0.15, 0.2) is 25.3 Å². The highest BCUT2D eigenvalue weighted by Gasteiger charge is 2.05. The van der Waals surface area contributed by atoms with E-state index in [4.69, 9.17) is 4.89 Å². The normalized spacial score (nSPS) is 16.1. The summed E-state index contributed by atoms with van der Waals surface area (Å²) in [5.74, 6) is 0. The van der Waals surface area contributed by atoms with Gasteiger partial charge in [0.05, 0.1) is 5.66 Å². The van der Waals surface area contributed by atoms with Crippen LogP contribution in [0.4, 0.5) is 0 Å². The van der Waals surface area contributed by atoms with Gasteiger partial charge in [0.1, 0.15) is 0 Å². The van der Waals surface area contributed by atoms with Gasteiger partial charge in [-0.25, -0.2) is 0 Å². The molecular weight excluding hydrogens is 135 g/mol. The lowest BCUT2D eigenvalue weighted by atomic mass is 10.3. The lowest BCUT2D eigenvalue weighted by Gasteiger charge is -2.01. The largest absolute Gasteiger partial charge is 0.346 e. The average molecular weight is 146 g/mol. The summed E-state index contributed by atoms with van der Waals surface area (Å²) in [6.07, 6.45) is 3.64. The van der Waals surface area contributed by atoms with Crippen LogP contribution in [0.3, 0.4) is 0 Å². The Balaban J connectivity index is 3.81. The van der Waals surface area contributed by atoms with Crippen LogP contribution in [0.2, 0.25) is 0 Å². The zero-order valence-electron chi connectivity index (χ0n) is 5.21. The molecule has 0 amide bonds. The van der Waals surface area contributed by atoms with Gasteiger partial charge in [0, 0.05) is 0 Å². The molecule has 2 atom stereocenters. The van der Waals surface area contributed by atoms with Crippen LogP contribution in [-0.2, 0) is 4.57 Å². The van der Waals surface area contributed by atoms with Gasteiger partial charge in [-0.2, -0.15) is 0 Å². The third-order valence-corrected chi connectivity index (χ3v) is 2.13. The Kier molecular flexibility index (Phi) is 4.37. The Morgan fingerprint density at radius 1 is 1.67 bits per heavy atom. The van der Waals surface area contributed by atoms with Crippen LogP contribution in [0.5, 0.6) is 0 Å². The lowest BCUT2D eigenvalue weighted by Crippen LogP contribution is -1.93. The fraction of sp³-hybridized carbons (Fsp3) is 0.333. The predicted molar refractivity (Wildman–Crippen MR) is 40.0 cm³/mol. The van der Waals surface area contributed by atoms with E-state index in [-0.39, 0.29) is 5.66 Å². The Labute approximate surface area is 55.8 Å². The molecule has 0 rings (SSSR count). The highest BCUT2D eigenvalue weighted by Crippen LogP contribution is 2.25. The standard InChI is InChI=1S/C6H11O2P/c1-3-5-6(4-2)9(7)8/h3-4,6,9H,1-2,5H2,(H,7,8). The summed E-state index contributed by atoms with van der Waals surface area (Å²) in [6.45, 7) is 6.87. The molecule has 0 aliphatic heterocycles. The van der Waals surface area contributed by atoms with E-state index in [9.17, 15) is 4.57 Å². The van der Waals surface area contributed by atoms with Crippen molar-refractivity contribution in [3.63, 3.8) is 0 Å². The van der Waals surface area contributed by atoms with Crippen molar-refractivity contribution in [1.82, 2.24) is 0 Å². The molecule has 0 fully saturated rings. The number of hydrogen-bond acceptors (Lipinski definition) is 1. The minimum absolute atomic E-state index is 0.285. The summed E-state index contributed by atoms with van der Waals surface area (Å²) in [7, 11) is -2.43. The summed E-state index contributed by atoms with van der Waals surface area (Å²) in [4.78, 5) is 8.57. The van der Waals surface area contributed by atoms with Gasteiger partial charge in [0.25, 0.3) is 0 Å². The SMILES string of the molecule is C=CCC(C=C)[PH](=O)O. The minimum atomic E-state index is -2.43. The fourth-order valence-electron chi connectivity index (χ4n) is 0.477. The molecule has 0 spiro atoms. The van der Waals surface area contributed by atoms with Crippen LogP contribution >= 0.6 is 8.03 Å². The summed E-state index contributed by atoms with van der Waals surface area (Å²) < 4.78 is 10.4. The second kappa shape index (κ2) is 4.54. The van der Waals surface area contributed by atoms with E-state index in [1.807, 2.05) is 0 Å². The molecule has 0 bridgehead atoms. The summed E-state index contributed by atoms with van der Waals surface area (Å²) in [6, 6.07) is 0. The lowest BCUT2D eigenvalue weighted by molar-refractivity contribution is 0.496. The van der Waals surface area contributed by atoms with Gasteiger partial charge in [0.2, 0.25) is 0 Å². The molecule has 0 saturated carbocycles. The highest BCUT2D eigenvalue weighted by atomic mass is 31.1. The maximum absolute atomic E-state index is 10.4. The second-order valence-electron chi connectivity index (χ2n) is 1.70. The fourth-order valence-corrected chi connectivity index (χ4v) is 1.05. The molecule has 0 saturated heterocycles. The average Bonchev–Trinajstić information content (AvgIpc) is 1.82. The van der Waals surface area contributed by atoms with E-state index in [0.717, 1.165) is 0 Å². The van der Waals surface area contributed by atoms with Gasteiger partial charge < -0.3 is 4.89 Å². The molecule has 9 heavy (non-hydrogen) atoms. The third kappa shape index (κ3) is 3.28. The Morgan fingerprint density at radius 3 is 2.33 bits per heavy atom. The molecule has 0 aromatic rings. The van der Waals surface area contributed by atoms with Gasteiger partial charge in [-0.1, -0.05) is 12.2 Å². The number of allylic oxidation sites excluding steroid dienone is 2. The van der Waals surface area contributed by atoms with Crippen molar-refractivity contribution >= 4 is 8.03 Å². The Bertz CT molecular complexity index is 131. The molecule has 2 unspecified atom stereocenters. The first-order chi connectivity index (χ1) is 4.22. The van der Waals surface area contributed by atoms with E-state index in [1.54, 1.807) is 6.08 Å². The van der Waals surface area contributed by atoms with Crippen molar-refractivity contribution < 1.29 is 9.46 Å². The van der Waals surface area contributed by atoms with E-state index in [2.05, 4.69) is 13.2 Å². The van der Waals surface area contributed by atoms with Crippen LogP contribution in [0, 0.1) is 0 Å². The van der Waals surface area contributed by atoms with E-state index in [1.165, 1.54) is 6.08 Å². The molecule has 2 nitrogen and oxygen atoms in total. The molecule has 52 valence electrons. The molecule has 3 heteroatoms. The van der Waals surface area contributed by atoms with Crippen LogP contribution in [0.1, 0.15) is 6.42 Å². The van der Waals surface area contributed by atoms with Crippen molar-refractivity contribution in [2.75, 3.05) is 0 Å². The molecule has 0 aromatic carbocycles. The number of hydrogen-bond donors (Lipinski definition) is 1. The second-order valence-corrected chi connectivity index (χ2v) is 3.12. The molecule has 1 N–H and O–H groups in total. The summed E-state index contributed by atoms with van der Waals surface area (Å²) >= 11 is 0. The first kappa shape index (κ1) is 8.67. The Hall–Kier alpha value is -0.330. The molecule has 0 aliphatic carbocycles. The van der Waals surface area contributed by atoms with Crippen molar-refractivity contribution in [3.8, 4) is 0 Å². The maximum Gasteiger partial charge on any atom is 0.196 e. The van der Waals surface area contributed by atoms with Crippen molar-refractivity contribution in [1.29, 1.82) is 0 Å². The summed E-state index contributed by atoms with van der Waals surface area (Å²) in [5.41, 5.74) is -0.285. The molecular formula is C6H11O2P. The van der Waals surface area contributed by atoms with E-state index in [0.29, 0.717) is 6.42 Å². The van der Waals surface area contributed by atoms with Gasteiger partial charge in [-0.3, -0.25) is 4.57 Å². The van der Waals surface area contributed by atoms with Crippen LogP contribution < -0.4 is 0 Å². The first-order valence-corrected chi connectivity index (χ1v) is 4.12. The van der Waals surface area contributed by atoms with Crippen molar-refractivity contribution in [3.05, 3.63) is 25.3 Å². The van der Waals surface area contributed by atoms with Crippen LogP contribution in [-0.4, -0.2) is 10.6 Å². The van der Waals surface area contributed by atoms with E-state index >= 15 is 0 Å². The quantitative estimate of drug-likeness (QED) is 0.483. The van der Waals surface area contributed by atoms with Gasteiger partial charge >= 0.3 is 0 Å². The van der Waals surface area contributed by atoms with E-state index < -0.39 is 8.03 Å². The molecule has 0 radical (unpaired) electrons.